The lowest BCUT2D eigenvalue weighted by Crippen LogP contribution is -2.49. The average Bonchev–Trinajstić information content (AvgIpc) is 2.84. The van der Waals surface area contributed by atoms with Crippen LogP contribution in [0, 0.1) is 5.41 Å². The van der Waals surface area contributed by atoms with Gasteiger partial charge in [-0.25, -0.2) is 0 Å². The van der Waals surface area contributed by atoms with Gasteiger partial charge in [0.25, 0.3) is 0 Å². The predicted molar refractivity (Wildman–Crippen MR) is 111 cm³/mol. The van der Waals surface area contributed by atoms with Gasteiger partial charge in [-0.05, 0) is 24.3 Å². The van der Waals surface area contributed by atoms with Gasteiger partial charge in [-0.15, -0.1) is 0 Å². The first kappa shape index (κ1) is 21.7. The van der Waals surface area contributed by atoms with Crippen molar-refractivity contribution in [3.63, 3.8) is 0 Å². The van der Waals surface area contributed by atoms with Crippen molar-refractivity contribution in [2.45, 2.75) is 12.6 Å². The van der Waals surface area contributed by atoms with E-state index in [-0.39, 0.29) is 5.41 Å². The van der Waals surface area contributed by atoms with Crippen molar-refractivity contribution in [3.8, 4) is 23.0 Å². The summed E-state index contributed by atoms with van der Waals surface area (Å²) in [5, 5.41) is 0. The lowest BCUT2D eigenvalue weighted by atomic mass is 9.90. The number of ether oxygens (including phenoxy) is 8. The van der Waals surface area contributed by atoms with Gasteiger partial charge in [0.15, 0.2) is 12.6 Å². The SMILES string of the molecule is COc1ccc(C2OCC3(CO2)COC(c2ccc(OC)cc2OC)OC3)c(OC)c1. The molecule has 2 aliphatic rings. The summed E-state index contributed by atoms with van der Waals surface area (Å²) in [5.74, 6) is 2.73. The van der Waals surface area contributed by atoms with E-state index < -0.39 is 12.6 Å². The van der Waals surface area contributed by atoms with Gasteiger partial charge in [0.1, 0.15) is 23.0 Å². The molecule has 4 rings (SSSR count). The maximum Gasteiger partial charge on any atom is 0.187 e. The minimum Gasteiger partial charge on any atom is -0.497 e. The molecule has 2 heterocycles. The fraction of sp³-hybridized carbons (Fsp3) is 0.478. The monoisotopic (exact) mass is 432 g/mol. The highest BCUT2D eigenvalue weighted by atomic mass is 16.7. The van der Waals surface area contributed by atoms with E-state index in [1.165, 1.54) is 0 Å². The van der Waals surface area contributed by atoms with Crippen LogP contribution in [0.1, 0.15) is 23.7 Å². The lowest BCUT2D eigenvalue weighted by molar-refractivity contribution is -0.307. The molecule has 0 bridgehead atoms. The van der Waals surface area contributed by atoms with Gasteiger partial charge in [0.05, 0.1) is 60.3 Å². The Morgan fingerprint density at radius 1 is 0.613 bits per heavy atom. The van der Waals surface area contributed by atoms with Crippen molar-refractivity contribution in [1.82, 2.24) is 0 Å². The lowest BCUT2D eigenvalue weighted by Gasteiger charge is -2.44. The van der Waals surface area contributed by atoms with Crippen molar-refractivity contribution >= 4 is 0 Å². The van der Waals surface area contributed by atoms with Crippen LogP contribution in [0.3, 0.4) is 0 Å². The molecule has 2 aromatic rings. The molecule has 0 aromatic heterocycles. The summed E-state index contributed by atoms with van der Waals surface area (Å²) in [6.45, 7) is 1.78. The fourth-order valence-corrected chi connectivity index (χ4v) is 3.74. The molecule has 31 heavy (non-hydrogen) atoms. The standard InChI is InChI=1S/C23H28O8/c1-24-15-5-7-17(19(9-15)26-3)21-28-11-23(12-29-21)13-30-22(31-14-23)18-8-6-16(25-2)10-20(18)27-4/h5-10,21-22H,11-14H2,1-4H3. The molecule has 0 atom stereocenters. The van der Waals surface area contributed by atoms with E-state index in [1.54, 1.807) is 28.4 Å². The second kappa shape index (κ2) is 9.32. The first-order chi connectivity index (χ1) is 15.1. The number of methoxy groups -OCH3 is 4. The summed E-state index contributed by atoms with van der Waals surface area (Å²) in [6.07, 6.45) is -1.04. The summed E-state index contributed by atoms with van der Waals surface area (Å²) < 4.78 is 45.6. The third-order valence-corrected chi connectivity index (χ3v) is 5.55. The smallest absolute Gasteiger partial charge is 0.187 e. The molecule has 2 saturated heterocycles. The number of hydrogen-bond donors (Lipinski definition) is 0. The molecule has 0 unspecified atom stereocenters. The summed E-state index contributed by atoms with van der Waals surface area (Å²) in [4.78, 5) is 0. The molecule has 2 aliphatic heterocycles. The number of benzene rings is 2. The predicted octanol–water partition coefficient (Wildman–Crippen LogP) is 3.50. The minimum absolute atomic E-state index is 0.369. The van der Waals surface area contributed by atoms with Crippen LogP contribution >= 0.6 is 0 Å². The molecule has 168 valence electrons. The van der Waals surface area contributed by atoms with Gasteiger partial charge in [0, 0.05) is 23.3 Å². The largest absolute Gasteiger partial charge is 0.497 e. The highest BCUT2D eigenvalue weighted by Crippen LogP contribution is 2.42. The van der Waals surface area contributed by atoms with E-state index in [0.717, 1.165) is 11.1 Å². The zero-order chi connectivity index (χ0) is 21.8. The second-order valence-corrected chi connectivity index (χ2v) is 7.62. The van der Waals surface area contributed by atoms with Crippen LogP contribution in [-0.4, -0.2) is 54.9 Å². The van der Waals surface area contributed by atoms with E-state index in [9.17, 15) is 0 Å². The van der Waals surface area contributed by atoms with Crippen LogP contribution < -0.4 is 18.9 Å². The van der Waals surface area contributed by atoms with E-state index in [0.29, 0.717) is 49.4 Å². The Bertz CT molecular complexity index is 806. The number of rotatable bonds is 6. The second-order valence-electron chi connectivity index (χ2n) is 7.62. The summed E-state index contributed by atoms with van der Waals surface area (Å²) in [6, 6.07) is 11.1. The molecule has 0 radical (unpaired) electrons. The van der Waals surface area contributed by atoms with Crippen LogP contribution in [0.15, 0.2) is 36.4 Å². The van der Waals surface area contributed by atoms with Crippen molar-refractivity contribution in [1.29, 1.82) is 0 Å². The van der Waals surface area contributed by atoms with Crippen molar-refractivity contribution in [3.05, 3.63) is 47.5 Å². The topological polar surface area (TPSA) is 73.8 Å². The first-order valence-corrected chi connectivity index (χ1v) is 10.0. The Morgan fingerprint density at radius 2 is 1.00 bits per heavy atom. The quantitative estimate of drug-likeness (QED) is 0.687. The Labute approximate surface area is 181 Å². The van der Waals surface area contributed by atoms with Gasteiger partial charge in [-0.1, -0.05) is 0 Å². The normalized spacial score (nSPS) is 25.8. The van der Waals surface area contributed by atoms with Crippen molar-refractivity contribution in [2.24, 2.45) is 5.41 Å². The summed E-state index contributed by atoms with van der Waals surface area (Å²) >= 11 is 0. The molecule has 0 amide bonds. The molecule has 2 fully saturated rings. The van der Waals surface area contributed by atoms with Crippen molar-refractivity contribution in [2.75, 3.05) is 54.9 Å². The Kier molecular flexibility index (Phi) is 6.52. The Balaban J connectivity index is 1.39. The van der Waals surface area contributed by atoms with Crippen LogP contribution in [0.5, 0.6) is 23.0 Å². The molecule has 8 nitrogen and oxygen atoms in total. The van der Waals surface area contributed by atoms with Crippen LogP contribution in [0.2, 0.25) is 0 Å². The highest BCUT2D eigenvalue weighted by molar-refractivity contribution is 5.42. The zero-order valence-electron chi connectivity index (χ0n) is 18.2. The number of hydrogen-bond acceptors (Lipinski definition) is 8. The third-order valence-electron chi connectivity index (χ3n) is 5.55. The Morgan fingerprint density at radius 3 is 1.32 bits per heavy atom. The maximum atomic E-state index is 6.05. The highest BCUT2D eigenvalue weighted by Gasteiger charge is 2.43. The Hall–Kier alpha value is -2.52. The minimum atomic E-state index is -0.522. The molecule has 1 spiro atoms. The first-order valence-electron chi connectivity index (χ1n) is 10.0. The van der Waals surface area contributed by atoms with Crippen LogP contribution in [0.25, 0.3) is 0 Å². The molecular formula is C23H28O8. The van der Waals surface area contributed by atoms with Crippen LogP contribution in [0.4, 0.5) is 0 Å². The maximum absolute atomic E-state index is 6.05. The van der Waals surface area contributed by atoms with Crippen LogP contribution in [-0.2, 0) is 18.9 Å². The van der Waals surface area contributed by atoms with E-state index >= 15 is 0 Å². The van der Waals surface area contributed by atoms with E-state index in [1.807, 2.05) is 36.4 Å². The van der Waals surface area contributed by atoms with Gasteiger partial charge in [-0.3, -0.25) is 0 Å². The molecular weight excluding hydrogens is 404 g/mol. The molecule has 0 saturated carbocycles. The average molecular weight is 432 g/mol. The van der Waals surface area contributed by atoms with Gasteiger partial charge >= 0.3 is 0 Å². The summed E-state index contributed by atoms with van der Waals surface area (Å²) in [7, 11) is 6.45. The van der Waals surface area contributed by atoms with Gasteiger partial charge in [0.2, 0.25) is 0 Å². The van der Waals surface area contributed by atoms with Gasteiger partial charge < -0.3 is 37.9 Å². The van der Waals surface area contributed by atoms with Crippen molar-refractivity contribution < 1.29 is 37.9 Å². The molecule has 8 heteroatoms. The third kappa shape index (κ3) is 4.43. The molecule has 2 aromatic carbocycles. The zero-order valence-corrected chi connectivity index (χ0v) is 18.2. The van der Waals surface area contributed by atoms with E-state index in [4.69, 9.17) is 37.9 Å². The van der Waals surface area contributed by atoms with E-state index in [2.05, 4.69) is 0 Å². The fourth-order valence-electron chi connectivity index (χ4n) is 3.74. The molecule has 0 N–H and O–H groups in total. The van der Waals surface area contributed by atoms with Gasteiger partial charge in [-0.2, -0.15) is 0 Å². The molecule has 0 aliphatic carbocycles. The summed E-state index contributed by atoms with van der Waals surface area (Å²) in [5.41, 5.74) is 1.26.